The van der Waals surface area contributed by atoms with E-state index in [0.29, 0.717) is 24.1 Å². The van der Waals surface area contributed by atoms with Crippen molar-refractivity contribution in [3.05, 3.63) is 53.6 Å². The molecule has 0 radical (unpaired) electrons. The molecule has 1 aromatic carbocycles. The number of hydrogen-bond donors (Lipinski definition) is 1. The summed E-state index contributed by atoms with van der Waals surface area (Å²) < 4.78 is 8.31. The highest BCUT2D eigenvalue weighted by molar-refractivity contribution is 5.92. The van der Waals surface area contributed by atoms with Crippen LogP contribution in [0, 0.1) is 18.8 Å². The number of aryl methyl sites for hydroxylation is 2. The molecule has 2 aromatic rings. The van der Waals surface area contributed by atoms with Crippen LogP contribution in [0.4, 0.5) is 0 Å². The van der Waals surface area contributed by atoms with E-state index in [-0.39, 0.29) is 17.6 Å². The van der Waals surface area contributed by atoms with E-state index in [4.69, 9.17) is 4.74 Å². The maximum Gasteiger partial charge on any atom is 0.271 e. The van der Waals surface area contributed by atoms with Crippen molar-refractivity contribution in [2.45, 2.75) is 38.0 Å². The average molecular weight is 380 g/mol. The molecule has 3 aliphatic rings. The number of benzene rings is 1. The minimum absolute atomic E-state index is 0.00508. The molecule has 28 heavy (non-hydrogen) atoms. The van der Waals surface area contributed by atoms with Gasteiger partial charge in [-0.2, -0.15) is 0 Å². The number of nitrogens with one attached hydrogen (secondary N) is 1. The molecular formula is C22H28N4O2. The summed E-state index contributed by atoms with van der Waals surface area (Å²) in [6, 6.07) is 8.76. The summed E-state index contributed by atoms with van der Waals surface area (Å²) in [5, 5.41) is 3.11. The molecule has 0 unspecified atom stereocenters. The SMILES string of the molecule is Cc1cccc(CN2C[C@@H]3[C@H](CNC(=O)c4cn(C)cn4)[C@H]4CC[C@]3(C2)O4)c1. The molecule has 1 N–H and O–H groups in total. The number of nitrogens with zero attached hydrogens (tertiary/aromatic N) is 3. The van der Waals surface area contributed by atoms with E-state index in [1.165, 1.54) is 11.1 Å². The monoisotopic (exact) mass is 380 g/mol. The van der Waals surface area contributed by atoms with E-state index >= 15 is 0 Å². The minimum atomic E-state index is -0.0907. The first-order valence-electron chi connectivity index (χ1n) is 10.2. The van der Waals surface area contributed by atoms with Gasteiger partial charge in [-0.1, -0.05) is 29.8 Å². The lowest BCUT2D eigenvalue weighted by molar-refractivity contribution is 0.00212. The number of hydrogen-bond acceptors (Lipinski definition) is 4. The third-order valence-corrected chi connectivity index (χ3v) is 6.78. The zero-order valence-corrected chi connectivity index (χ0v) is 16.6. The van der Waals surface area contributed by atoms with Crippen LogP contribution in [0.1, 0.15) is 34.5 Å². The number of carbonyl (C=O) groups excluding carboxylic acids is 1. The minimum Gasteiger partial charge on any atom is -0.370 e. The van der Waals surface area contributed by atoms with Crippen molar-refractivity contribution in [1.82, 2.24) is 19.8 Å². The van der Waals surface area contributed by atoms with Gasteiger partial charge in [0.15, 0.2) is 0 Å². The van der Waals surface area contributed by atoms with E-state index in [1.807, 2.05) is 7.05 Å². The molecule has 0 aliphatic carbocycles. The topological polar surface area (TPSA) is 59.4 Å². The predicted molar refractivity (Wildman–Crippen MR) is 106 cm³/mol. The number of likely N-dealkylation sites (tertiary alicyclic amines) is 1. The lowest BCUT2D eigenvalue weighted by Gasteiger charge is -2.29. The number of imidazole rings is 1. The second-order valence-electron chi connectivity index (χ2n) is 8.82. The number of rotatable bonds is 5. The number of carbonyl (C=O) groups is 1. The Hall–Kier alpha value is -2.18. The molecule has 4 heterocycles. The molecule has 3 fully saturated rings. The van der Waals surface area contributed by atoms with Crippen LogP contribution in [0.15, 0.2) is 36.8 Å². The molecule has 1 aromatic heterocycles. The Morgan fingerprint density at radius 2 is 2.32 bits per heavy atom. The molecule has 2 bridgehead atoms. The zero-order valence-electron chi connectivity index (χ0n) is 16.6. The Kier molecular flexibility index (Phi) is 4.29. The second kappa shape index (κ2) is 6.71. The summed E-state index contributed by atoms with van der Waals surface area (Å²) in [6.45, 7) is 5.85. The summed E-state index contributed by atoms with van der Waals surface area (Å²) in [5.74, 6) is 0.802. The fourth-order valence-corrected chi connectivity index (χ4v) is 5.58. The van der Waals surface area contributed by atoms with Gasteiger partial charge in [-0.25, -0.2) is 4.98 Å². The molecule has 0 saturated carbocycles. The molecule has 6 nitrogen and oxygen atoms in total. The number of fused-ring (bicyclic) bond motifs is 1. The van der Waals surface area contributed by atoms with Gasteiger partial charge in [0.25, 0.3) is 5.91 Å². The maximum absolute atomic E-state index is 12.4. The van der Waals surface area contributed by atoms with Gasteiger partial charge in [0, 0.05) is 51.3 Å². The van der Waals surface area contributed by atoms with Crippen LogP contribution in [0.3, 0.4) is 0 Å². The van der Waals surface area contributed by atoms with E-state index in [2.05, 4.69) is 46.4 Å². The Morgan fingerprint density at radius 3 is 3.11 bits per heavy atom. The molecule has 5 rings (SSSR count). The largest absolute Gasteiger partial charge is 0.370 e. The first-order chi connectivity index (χ1) is 13.5. The van der Waals surface area contributed by atoms with Crippen molar-refractivity contribution < 1.29 is 9.53 Å². The first-order valence-corrected chi connectivity index (χ1v) is 10.2. The van der Waals surface area contributed by atoms with Gasteiger partial charge in [0.1, 0.15) is 5.69 Å². The second-order valence-corrected chi connectivity index (χ2v) is 8.82. The molecule has 3 saturated heterocycles. The van der Waals surface area contributed by atoms with Crippen molar-refractivity contribution >= 4 is 5.91 Å². The van der Waals surface area contributed by atoms with Crippen molar-refractivity contribution in [3.8, 4) is 0 Å². The maximum atomic E-state index is 12.4. The Morgan fingerprint density at radius 1 is 1.43 bits per heavy atom. The number of ether oxygens (including phenoxy) is 1. The highest BCUT2D eigenvalue weighted by Gasteiger charge is 2.62. The van der Waals surface area contributed by atoms with Gasteiger partial charge < -0.3 is 14.6 Å². The van der Waals surface area contributed by atoms with Crippen LogP contribution in [0.25, 0.3) is 0 Å². The smallest absolute Gasteiger partial charge is 0.271 e. The third kappa shape index (κ3) is 3.05. The predicted octanol–water partition coefficient (Wildman–Crippen LogP) is 2.14. The van der Waals surface area contributed by atoms with Crippen LogP contribution in [-0.4, -0.2) is 51.7 Å². The normalized spacial score (nSPS) is 31.3. The van der Waals surface area contributed by atoms with Crippen molar-refractivity contribution in [2.24, 2.45) is 18.9 Å². The van der Waals surface area contributed by atoms with Gasteiger partial charge in [-0.15, -0.1) is 0 Å². The lowest BCUT2D eigenvalue weighted by atomic mass is 9.73. The molecule has 1 spiro atoms. The highest BCUT2D eigenvalue weighted by Crippen LogP contribution is 2.54. The number of aromatic nitrogens is 2. The van der Waals surface area contributed by atoms with Crippen LogP contribution in [-0.2, 0) is 18.3 Å². The highest BCUT2D eigenvalue weighted by atomic mass is 16.5. The van der Waals surface area contributed by atoms with Gasteiger partial charge in [-0.05, 0) is 25.3 Å². The molecule has 148 valence electrons. The van der Waals surface area contributed by atoms with Gasteiger partial charge in [0.2, 0.25) is 0 Å². The van der Waals surface area contributed by atoms with Crippen molar-refractivity contribution in [1.29, 1.82) is 0 Å². The van der Waals surface area contributed by atoms with E-state index in [0.717, 1.165) is 32.5 Å². The summed E-state index contributed by atoms with van der Waals surface area (Å²) >= 11 is 0. The quantitative estimate of drug-likeness (QED) is 0.863. The number of amides is 1. The van der Waals surface area contributed by atoms with Crippen LogP contribution >= 0.6 is 0 Å². The summed E-state index contributed by atoms with van der Waals surface area (Å²) in [4.78, 5) is 19.1. The molecule has 1 amide bonds. The van der Waals surface area contributed by atoms with E-state index in [1.54, 1.807) is 17.1 Å². The van der Waals surface area contributed by atoms with Gasteiger partial charge in [0.05, 0.1) is 18.0 Å². The van der Waals surface area contributed by atoms with Gasteiger partial charge >= 0.3 is 0 Å². The standard InChI is InChI=1S/C22H28N4O2/c1-15-4-3-5-16(8-15)10-26-11-18-17(20-6-7-22(18,13-26)28-20)9-23-21(27)19-12-25(2)14-24-19/h3-5,8,12,14,17-18,20H,6-7,9-11,13H2,1-2H3,(H,23,27)/t17-,18+,20+,22+/m0/s1. The molecular weight excluding hydrogens is 352 g/mol. The Balaban J connectivity index is 1.25. The Bertz CT molecular complexity index is 894. The lowest BCUT2D eigenvalue weighted by Crippen LogP contribution is -2.42. The molecule has 3 aliphatic heterocycles. The van der Waals surface area contributed by atoms with Crippen LogP contribution in [0.2, 0.25) is 0 Å². The molecule has 4 atom stereocenters. The van der Waals surface area contributed by atoms with E-state index < -0.39 is 0 Å². The van der Waals surface area contributed by atoms with Gasteiger partial charge in [-0.3, -0.25) is 9.69 Å². The molecule has 6 heteroatoms. The summed E-state index contributed by atoms with van der Waals surface area (Å²) in [7, 11) is 1.87. The Labute approximate surface area is 165 Å². The third-order valence-electron chi connectivity index (χ3n) is 6.78. The summed E-state index contributed by atoms with van der Waals surface area (Å²) in [5.41, 5.74) is 3.15. The van der Waals surface area contributed by atoms with Crippen molar-refractivity contribution in [3.63, 3.8) is 0 Å². The van der Waals surface area contributed by atoms with Crippen LogP contribution in [0.5, 0.6) is 0 Å². The summed E-state index contributed by atoms with van der Waals surface area (Å²) in [6.07, 6.45) is 5.96. The first kappa shape index (κ1) is 17.9. The zero-order chi connectivity index (χ0) is 19.3. The van der Waals surface area contributed by atoms with E-state index in [9.17, 15) is 4.79 Å². The van der Waals surface area contributed by atoms with Crippen LogP contribution < -0.4 is 5.32 Å². The fourth-order valence-electron chi connectivity index (χ4n) is 5.58. The fraction of sp³-hybridized carbons (Fsp3) is 0.545. The van der Waals surface area contributed by atoms with Crippen molar-refractivity contribution in [2.75, 3.05) is 19.6 Å². The average Bonchev–Trinajstić information content (AvgIpc) is 3.40.